The number of hydrogen-bond acceptors (Lipinski definition) is 6. The van der Waals surface area contributed by atoms with Crippen LogP contribution in [0.4, 0.5) is 0 Å². The standard InChI is InChI=1S/C11H19N3O4S3/c1-9-11(7-10(8-12)19-9)21(17,18)14-5-3-13(4-6-14)20(2,15)16/h7H,3-6,8,12H2,1-2H3. The van der Waals surface area contributed by atoms with Crippen LogP contribution in [0.5, 0.6) is 0 Å². The molecule has 0 spiro atoms. The van der Waals surface area contributed by atoms with Gasteiger partial charge in [0, 0.05) is 42.5 Å². The van der Waals surface area contributed by atoms with Crippen molar-refractivity contribution in [2.24, 2.45) is 5.73 Å². The largest absolute Gasteiger partial charge is 0.326 e. The minimum Gasteiger partial charge on any atom is -0.326 e. The third-order valence-electron chi connectivity index (χ3n) is 3.41. The number of sulfonamides is 2. The molecule has 1 aliphatic rings. The van der Waals surface area contributed by atoms with Gasteiger partial charge in [0.25, 0.3) is 0 Å². The summed E-state index contributed by atoms with van der Waals surface area (Å²) in [6, 6.07) is 1.61. The Morgan fingerprint density at radius 2 is 1.67 bits per heavy atom. The number of piperazine rings is 1. The fourth-order valence-electron chi connectivity index (χ4n) is 2.26. The van der Waals surface area contributed by atoms with Crippen LogP contribution in [-0.2, 0) is 26.6 Å². The zero-order valence-electron chi connectivity index (χ0n) is 11.9. The molecular formula is C11H19N3O4S3. The smallest absolute Gasteiger partial charge is 0.244 e. The van der Waals surface area contributed by atoms with Crippen molar-refractivity contribution >= 4 is 31.4 Å². The first kappa shape index (κ1) is 16.8. The Kier molecular flexibility index (Phi) is 4.76. The number of thiophene rings is 1. The lowest BCUT2D eigenvalue weighted by Crippen LogP contribution is -2.50. The van der Waals surface area contributed by atoms with Crippen LogP contribution in [0.3, 0.4) is 0 Å². The maximum absolute atomic E-state index is 12.6. The first-order valence-corrected chi connectivity index (χ1v) is 10.5. The molecule has 2 heterocycles. The van der Waals surface area contributed by atoms with Crippen LogP contribution in [0, 0.1) is 6.92 Å². The molecule has 0 amide bonds. The fourth-order valence-corrected chi connectivity index (χ4v) is 5.99. The van der Waals surface area contributed by atoms with E-state index in [-0.39, 0.29) is 31.1 Å². The van der Waals surface area contributed by atoms with Crippen molar-refractivity contribution in [3.63, 3.8) is 0 Å². The lowest BCUT2D eigenvalue weighted by molar-refractivity contribution is 0.274. The molecule has 1 aromatic heterocycles. The maximum Gasteiger partial charge on any atom is 0.244 e. The summed E-state index contributed by atoms with van der Waals surface area (Å²) >= 11 is 1.37. The highest BCUT2D eigenvalue weighted by Crippen LogP contribution is 2.28. The van der Waals surface area contributed by atoms with Gasteiger partial charge in [0.15, 0.2) is 0 Å². The Hall–Kier alpha value is -0.520. The number of rotatable bonds is 4. The number of hydrogen-bond donors (Lipinski definition) is 1. The van der Waals surface area contributed by atoms with Gasteiger partial charge in [-0.05, 0) is 13.0 Å². The molecule has 1 fully saturated rings. The predicted molar refractivity (Wildman–Crippen MR) is 82.1 cm³/mol. The van der Waals surface area contributed by atoms with Crippen LogP contribution >= 0.6 is 11.3 Å². The molecule has 120 valence electrons. The van der Waals surface area contributed by atoms with E-state index in [0.717, 1.165) is 11.1 Å². The molecule has 2 N–H and O–H groups in total. The van der Waals surface area contributed by atoms with Gasteiger partial charge in [-0.2, -0.15) is 8.61 Å². The van der Waals surface area contributed by atoms with Crippen molar-refractivity contribution in [3.05, 3.63) is 15.8 Å². The Balaban J connectivity index is 2.20. The average molecular weight is 353 g/mol. The third-order valence-corrected chi connectivity index (χ3v) is 7.94. The molecule has 1 aliphatic heterocycles. The zero-order chi connectivity index (χ0) is 15.8. The van der Waals surface area contributed by atoms with E-state index in [9.17, 15) is 16.8 Å². The van der Waals surface area contributed by atoms with Gasteiger partial charge < -0.3 is 5.73 Å². The molecule has 0 unspecified atom stereocenters. The Morgan fingerprint density at radius 1 is 1.14 bits per heavy atom. The second-order valence-corrected chi connectivity index (χ2v) is 10.1. The summed E-state index contributed by atoms with van der Waals surface area (Å²) in [7, 11) is -6.85. The Labute approximate surface area is 129 Å². The predicted octanol–water partition coefficient (Wildman–Crippen LogP) is -0.219. The van der Waals surface area contributed by atoms with Gasteiger partial charge in [-0.3, -0.25) is 0 Å². The highest BCUT2D eigenvalue weighted by atomic mass is 32.2. The molecule has 7 nitrogen and oxygen atoms in total. The molecule has 0 radical (unpaired) electrons. The van der Waals surface area contributed by atoms with E-state index in [0.29, 0.717) is 11.4 Å². The van der Waals surface area contributed by atoms with Gasteiger partial charge >= 0.3 is 0 Å². The fraction of sp³-hybridized carbons (Fsp3) is 0.636. The topological polar surface area (TPSA) is 101 Å². The first-order valence-electron chi connectivity index (χ1n) is 6.41. The molecule has 1 saturated heterocycles. The van der Waals surface area contributed by atoms with Crippen molar-refractivity contribution in [1.29, 1.82) is 0 Å². The van der Waals surface area contributed by atoms with E-state index in [1.165, 1.54) is 19.9 Å². The van der Waals surface area contributed by atoms with Crippen molar-refractivity contribution in [3.8, 4) is 0 Å². The third kappa shape index (κ3) is 3.46. The van der Waals surface area contributed by atoms with Crippen molar-refractivity contribution in [2.75, 3.05) is 32.4 Å². The average Bonchev–Trinajstić information content (AvgIpc) is 2.80. The molecule has 10 heteroatoms. The zero-order valence-corrected chi connectivity index (χ0v) is 14.4. The molecule has 21 heavy (non-hydrogen) atoms. The molecule has 0 aromatic carbocycles. The normalized spacial score (nSPS) is 19.0. The molecule has 0 bridgehead atoms. The van der Waals surface area contributed by atoms with E-state index >= 15 is 0 Å². The number of nitrogens with zero attached hydrogens (tertiary/aromatic N) is 2. The molecule has 0 saturated carbocycles. The summed E-state index contributed by atoms with van der Waals surface area (Å²) in [6.45, 7) is 2.77. The summed E-state index contributed by atoms with van der Waals surface area (Å²) in [5.74, 6) is 0. The summed E-state index contributed by atoms with van der Waals surface area (Å²) in [5, 5.41) is 0. The summed E-state index contributed by atoms with van der Waals surface area (Å²) in [5.41, 5.74) is 5.55. The van der Waals surface area contributed by atoms with Gasteiger partial charge in [0.2, 0.25) is 20.0 Å². The minimum atomic E-state index is -3.58. The highest BCUT2D eigenvalue weighted by molar-refractivity contribution is 7.89. The number of nitrogens with two attached hydrogens (primary N) is 1. The molecule has 0 aliphatic carbocycles. The molecule has 1 aromatic rings. The van der Waals surface area contributed by atoms with Crippen LogP contribution in [0.2, 0.25) is 0 Å². The first-order chi connectivity index (χ1) is 9.66. The minimum absolute atomic E-state index is 0.169. The van der Waals surface area contributed by atoms with Crippen molar-refractivity contribution in [2.45, 2.75) is 18.4 Å². The summed E-state index contributed by atoms with van der Waals surface area (Å²) in [4.78, 5) is 1.81. The lowest BCUT2D eigenvalue weighted by Gasteiger charge is -2.32. The van der Waals surface area contributed by atoms with Crippen LogP contribution in [0.15, 0.2) is 11.0 Å². The summed E-state index contributed by atoms with van der Waals surface area (Å²) in [6.07, 6.45) is 1.13. The van der Waals surface area contributed by atoms with Gasteiger partial charge in [-0.25, -0.2) is 16.8 Å². The molecule has 0 atom stereocenters. The molecule has 2 rings (SSSR count). The Morgan fingerprint density at radius 3 is 2.10 bits per heavy atom. The van der Waals surface area contributed by atoms with Crippen LogP contribution < -0.4 is 5.73 Å². The van der Waals surface area contributed by atoms with Crippen LogP contribution in [0.1, 0.15) is 9.75 Å². The summed E-state index contributed by atoms with van der Waals surface area (Å²) < 4.78 is 50.8. The van der Waals surface area contributed by atoms with Gasteiger partial charge in [-0.1, -0.05) is 0 Å². The van der Waals surface area contributed by atoms with E-state index < -0.39 is 20.0 Å². The van der Waals surface area contributed by atoms with Crippen LogP contribution in [0.25, 0.3) is 0 Å². The van der Waals surface area contributed by atoms with E-state index in [2.05, 4.69) is 0 Å². The van der Waals surface area contributed by atoms with Gasteiger partial charge in [0.05, 0.1) is 11.2 Å². The van der Waals surface area contributed by atoms with Gasteiger partial charge in [-0.15, -0.1) is 11.3 Å². The maximum atomic E-state index is 12.6. The van der Waals surface area contributed by atoms with Crippen molar-refractivity contribution in [1.82, 2.24) is 8.61 Å². The Bertz CT molecular complexity index is 716. The van der Waals surface area contributed by atoms with Crippen molar-refractivity contribution < 1.29 is 16.8 Å². The van der Waals surface area contributed by atoms with E-state index in [4.69, 9.17) is 5.73 Å². The quantitative estimate of drug-likeness (QED) is 0.806. The van der Waals surface area contributed by atoms with Gasteiger partial charge in [0.1, 0.15) is 0 Å². The SMILES string of the molecule is Cc1sc(CN)cc1S(=O)(=O)N1CCN(S(C)(=O)=O)CC1. The lowest BCUT2D eigenvalue weighted by atomic mass is 10.4. The second-order valence-electron chi connectivity index (χ2n) is 4.90. The number of aryl methyl sites for hydroxylation is 1. The van der Waals surface area contributed by atoms with Crippen LogP contribution in [-0.4, -0.2) is 57.9 Å². The molecular weight excluding hydrogens is 334 g/mol. The second kappa shape index (κ2) is 5.94. The highest BCUT2D eigenvalue weighted by Gasteiger charge is 2.32. The monoisotopic (exact) mass is 353 g/mol. The van der Waals surface area contributed by atoms with E-state index in [1.54, 1.807) is 13.0 Å². The van der Waals surface area contributed by atoms with E-state index in [1.807, 2.05) is 0 Å².